The van der Waals surface area contributed by atoms with E-state index in [1.807, 2.05) is 0 Å². The zero-order chi connectivity index (χ0) is 2.83. The summed E-state index contributed by atoms with van der Waals surface area (Å²) in [5, 5.41) is 0. The molecule has 0 aromatic rings. The summed E-state index contributed by atoms with van der Waals surface area (Å²) >= 11 is 0. The van der Waals surface area contributed by atoms with Crippen molar-refractivity contribution in [1.82, 2.24) is 0 Å². The average molecular weight is 92.1 g/mol. The average Bonchev–Trinajstić information content (AvgIpc) is 0.722. The number of hydrogen-bond acceptors (Lipinski definition) is 0. The van der Waals surface area contributed by atoms with Gasteiger partial charge < -0.3 is 11.0 Å². The Morgan fingerprint density at radius 3 is 0.667 bits per heavy atom. The molecule has 1 aliphatic carbocycles. The third-order valence-electron chi connectivity index (χ3n) is 1.000. The van der Waals surface area contributed by atoms with Gasteiger partial charge in [0.05, 0.1) is 0 Å². The Labute approximate surface area is 37.8 Å². The van der Waals surface area contributed by atoms with Gasteiger partial charge in [-0.3, -0.25) is 0 Å². The Hall–Kier alpha value is -0.0800. The van der Waals surface area contributed by atoms with Crippen molar-refractivity contribution in [1.29, 1.82) is 0 Å². The number of hydrogen-bond donors (Lipinski definition) is 0. The standard InChI is InChI=1S/C4H8.2H2O/c1-2-4-3-1;;/h1-4H2;2*1H2. The van der Waals surface area contributed by atoms with Gasteiger partial charge in [0.25, 0.3) is 0 Å². The monoisotopic (exact) mass is 92.1 g/mol. The molecule has 0 spiro atoms. The van der Waals surface area contributed by atoms with Gasteiger partial charge in [-0.1, -0.05) is 25.7 Å². The van der Waals surface area contributed by atoms with Gasteiger partial charge in [-0.15, -0.1) is 0 Å². The molecule has 0 radical (unpaired) electrons. The summed E-state index contributed by atoms with van der Waals surface area (Å²) in [6.45, 7) is 0. The fourth-order valence-corrected chi connectivity index (χ4v) is 0.250. The van der Waals surface area contributed by atoms with E-state index >= 15 is 0 Å². The van der Waals surface area contributed by atoms with Crippen LogP contribution in [0.15, 0.2) is 0 Å². The molecule has 0 atom stereocenters. The first-order valence-electron chi connectivity index (χ1n) is 2.00. The molecule has 0 aromatic carbocycles. The SMILES string of the molecule is C1CCC1.O.O. The van der Waals surface area contributed by atoms with Gasteiger partial charge in [-0.2, -0.15) is 0 Å². The minimum Gasteiger partial charge on any atom is -0.412 e. The first-order valence-corrected chi connectivity index (χ1v) is 2.00. The van der Waals surface area contributed by atoms with Crippen LogP contribution < -0.4 is 0 Å². The Kier molecular flexibility index (Phi) is 7.65. The highest BCUT2D eigenvalue weighted by molar-refractivity contribution is 4.50. The minimum absolute atomic E-state index is 0. The fraction of sp³-hybridized carbons (Fsp3) is 1.00. The van der Waals surface area contributed by atoms with E-state index < -0.39 is 0 Å². The topological polar surface area (TPSA) is 63.0 Å². The largest absolute Gasteiger partial charge is 0.412 e. The molecular formula is C4H12O2. The third-order valence-corrected chi connectivity index (χ3v) is 1.000. The van der Waals surface area contributed by atoms with Gasteiger partial charge in [0.2, 0.25) is 0 Å². The number of rotatable bonds is 0. The van der Waals surface area contributed by atoms with Crippen molar-refractivity contribution in [3.05, 3.63) is 0 Å². The van der Waals surface area contributed by atoms with Crippen molar-refractivity contribution in [3.8, 4) is 0 Å². The molecule has 4 N–H and O–H groups in total. The van der Waals surface area contributed by atoms with Crippen molar-refractivity contribution in [2.45, 2.75) is 25.7 Å². The van der Waals surface area contributed by atoms with E-state index in [0.717, 1.165) is 0 Å². The lowest BCUT2D eigenvalue weighted by molar-refractivity contribution is 0.504. The smallest absolute Gasteiger partial charge is 0.0533 e. The fourth-order valence-electron chi connectivity index (χ4n) is 0.250. The van der Waals surface area contributed by atoms with E-state index in [9.17, 15) is 0 Å². The van der Waals surface area contributed by atoms with Crippen molar-refractivity contribution >= 4 is 0 Å². The van der Waals surface area contributed by atoms with Crippen LogP contribution in [-0.4, -0.2) is 11.0 Å². The quantitative estimate of drug-likeness (QED) is 0.401. The van der Waals surface area contributed by atoms with E-state index in [-0.39, 0.29) is 11.0 Å². The van der Waals surface area contributed by atoms with Crippen LogP contribution in [0.25, 0.3) is 0 Å². The van der Waals surface area contributed by atoms with E-state index in [0.29, 0.717) is 0 Å². The third kappa shape index (κ3) is 2.18. The normalized spacial score (nSPS) is 16.0. The molecule has 0 unspecified atom stereocenters. The first-order chi connectivity index (χ1) is 2.00. The molecule has 0 saturated heterocycles. The minimum atomic E-state index is 0. The summed E-state index contributed by atoms with van der Waals surface area (Å²) in [5.74, 6) is 0. The molecule has 40 valence electrons. The van der Waals surface area contributed by atoms with E-state index in [1.54, 1.807) is 0 Å². The van der Waals surface area contributed by atoms with Crippen molar-refractivity contribution in [2.24, 2.45) is 0 Å². The van der Waals surface area contributed by atoms with E-state index in [1.165, 1.54) is 25.7 Å². The highest BCUT2D eigenvalue weighted by Gasteiger charge is 1.95. The van der Waals surface area contributed by atoms with Crippen LogP contribution >= 0.6 is 0 Å². The first kappa shape index (κ1) is 9.33. The van der Waals surface area contributed by atoms with Crippen LogP contribution in [0.1, 0.15) is 25.7 Å². The van der Waals surface area contributed by atoms with Crippen LogP contribution in [0, 0.1) is 0 Å². The molecule has 0 aliphatic heterocycles. The molecule has 2 nitrogen and oxygen atoms in total. The summed E-state index contributed by atoms with van der Waals surface area (Å²) in [4.78, 5) is 0. The summed E-state index contributed by atoms with van der Waals surface area (Å²) in [6.07, 6.45) is 6.00. The Morgan fingerprint density at radius 1 is 0.500 bits per heavy atom. The molecule has 1 saturated carbocycles. The molecule has 1 aliphatic rings. The molecule has 0 amide bonds. The molecular weight excluding hydrogens is 80.0 g/mol. The summed E-state index contributed by atoms with van der Waals surface area (Å²) < 4.78 is 0. The lowest BCUT2D eigenvalue weighted by Gasteiger charge is -2.05. The van der Waals surface area contributed by atoms with E-state index in [2.05, 4.69) is 0 Å². The molecule has 6 heavy (non-hydrogen) atoms. The van der Waals surface area contributed by atoms with Gasteiger partial charge in [0.15, 0.2) is 0 Å². The summed E-state index contributed by atoms with van der Waals surface area (Å²) in [5.41, 5.74) is 0. The maximum Gasteiger partial charge on any atom is -0.0533 e. The zero-order valence-corrected chi connectivity index (χ0v) is 3.83. The van der Waals surface area contributed by atoms with Gasteiger partial charge in [0, 0.05) is 0 Å². The van der Waals surface area contributed by atoms with E-state index in [4.69, 9.17) is 0 Å². The maximum atomic E-state index is 1.50. The van der Waals surface area contributed by atoms with Gasteiger partial charge in [-0.05, 0) is 0 Å². The van der Waals surface area contributed by atoms with Crippen molar-refractivity contribution < 1.29 is 11.0 Å². The highest BCUT2D eigenvalue weighted by Crippen LogP contribution is 2.15. The molecule has 1 fully saturated rings. The second-order valence-electron chi connectivity index (χ2n) is 1.41. The van der Waals surface area contributed by atoms with Gasteiger partial charge in [0.1, 0.15) is 0 Å². The van der Waals surface area contributed by atoms with Crippen LogP contribution in [0.4, 0.5) is 0 Å². The summed E-state index contributed by atoms with van der Waals surface area (Å²) in [7, 11) is 0. The van der Waals surface area contributed by atoms with Gasteiger partial charge >= 0.3 is 0 Å². The Morgan fingerprint density at radius 2 is 0.667 bits per heavy atom. The predicted octanol–water partition coefficient (Wildman–Crippen LogP) is -0.0890. The van der Waals surface area contributed by atoms with Crippen molar-refractivity contribution in [2.75, 3.05) is 0 Å². The van der Waals surface area contributed by atoms with Crippen LogP contribution in [0.3, 0.4) is 0 Å². The predicted molar refractivity (Wildman–Crippen MR) is 25.7 cm³/mol. The molecule has 0 heterocycles. The van der Waals surface area contributed by atoms with Crippen LogP contribution in [-0.2, 0) is 0 Å². The van der Waals surface area contributed by atoms with Crippen LogP contribution in [0.2, 0.25) is 0 Å². The Balaban J connectivity index is 0. The Bertz CT molecular complexity index is 13.5. The molecule has 0 aromatic heterocycles. The molecule has 0 bridgehead atoms. The molecule has 2 heteroatoms. The lowest BCUT2D eigenvalue weighted by Crippen LogP contribution is -1.85. The summed E-state index contributed by atoms with van der Waals surface area (Å²) in [6, 6.07) is 0. The zero-order valence-electron chi connectivity index (χ0n) is 3.83. The highest BCUT2D eigenvalue weighted by atomic mass is 16.0. The van der Waals surface area contributed by atoms with Gasteiger partial charge in [-0.25, -0.2) is 0 Å². The van der Waals surface area contributed by atoms with Crippen molar-refractivity contribution in [3.63, 3.8) is 0 Å². The molecule has 1 rings (SSSR count). The maximum absolute atomic E-state index is 1.50. The second kappa shape index (κ2) is 4.92. The second-order valence-corrected chi connectivity index (χ2v) is 1.41. The van der Waals surface area contributed by atoms with Crippen LogP contribution in [0.5, 0.6) is 0 Å². The lowest BCUT2D eigenvalue weighted by atomic mass is 10.0.